The van der Waals surface area contributed by atoms with Crippen molar-refractivity contribution in [1.29, 1.82) is 0 Å². The molecule has 0 bridgehead atoms. The molecule has 0 amide bonds. The molecule has 2 N–H and O–H groups in total. The lowest BCUT2D eigenvalue weighted by Crippen LogP contribution is -2.18. The Balaban J connectivity index is 2.18. The minimum Gasteiger partial charge on any atom is -0.312 e. The number of thiophene rings is 1. The Labute approximate surface area is 128 Å². The van der Waals surface area contributed by atoms with Crippen LogP contribution in [0, 0.1) is 5.82 Å². The number of benzene rings is 1. The van der Waals surface area contributed by atoms with Gasteiger partial charge in [0.2, 0.25) is 0 Å². The first-order chi connectivity index (χ1) is 10.0. The highest BCUT2D eigenvalue weighted by Crippen LogP contribution is 2.24. The summed E-state index contributed by atoms with van der Waals surface area (Å²) in [6.45, 7) is 3.38. The fourth-order valence-corrected chi connectivity index (χ4v) is 4.30. The standard InChI is InChI=1S/C14H17FN2O2S2/c1-2-7-16-10-13-14(6-8-20-13)21(18,19)17-12-5-3-4-11(15)9-12/h3-6,8-9,16-17H,2,7,10H2,1H3. The van der Waals surface area contributed by atoms with Gasteiger partial charge in [-0.1, -0.05) is 13.0 Å². The molecule has 21 heavy (non-hydrogen) atoms. The van der Waals surface area contributed by atoms with Crippen LogP contribution in [0.4, 0.5) is 10.1 Å². The van der Waals surface area contributed by atoms with Crippen LogP contribution in [0.5, 0.6) is 0 Å². The third-order valence-corrected chi connectivity index (χ3v) is 5.30. The SMILES string of the molecule is CCCNCc1sccc1S(=O)(=O)Nc1cccc(F)c1. The zero-order chi connectivity index (χ0) is 15.3. The van der Waals surface area contributed by atoms with E-state index in [2.05, 4.69) is 10.0 Å². The summed E-state index contributed by atoms with van der Waals surface area (Å²) in [4.78, 5) is 0.979. The molecule has 0 saturated heterocycles. The zero-order valence-electron chi connectivity index (χ0n) is 11.6. The molecule has 114 valence electrons. The normalized spacial score (nSPS) is 11.5. The molecule has 2 rings (SSSR count). The summed E-state index contributed by atoms with van der Waals surface area (Å²) in [5.41, 5.74) is 0.216. The van der Waals surface area contributed by atoms with Gasteiger partial charge < -0.3 is 5.32 Å². The molecule has 0 fully saturated rings. The Morgan fingerprint density at radius 3 is 2.81 bits per heavy atom. The van der Waals surface area contributed by atoms with Crippen LogP contribution >= 0.6 is 11.3 Å². The van der Waals surface area contributed by atoms with Crippen molar-refractivity contribution in [3.8, 4) is 0 Å². The molecule has 0 aliphatic heterocycles. The Morgan fingerprint density at radius 2 is 2.10 bits per heavy atom. The molecule has 0 aliphatic carbocycles. The highest BCUT2D eigenvalue weighted by molar-refractivity contribution is 7.93. The molecule has 0 atom stereocenters. The van der Waals surface area contributed by atoms with Crippen molar-refractivity contribution in [2.75, 3.05) is 11.3 Å². The van der Waals surface area contributed by atoms with Gasteiger partial charge in [0.05, 0.1) is 5.69 Å². The van der Waals surface area contributed by atoms with Crippen molar-refractivity contribution in [3.63, 3.8) is 0 Å². The van der Waals surface area contributed by atoms with E-state index in [-0.39, 0.29) is 10.6 Å². The molecular weight excluding hydrogens is 311 g/mol. The smallest absolute Gasteiger partial charge is 0.263 e. The van der Waals surface area contributed by atoms with Gasteiger partial charge in [-0.2, -0.15) is 0 Å². The van der Waals surface area contributed by atoms with E-state index in [1.807, 2.05) is 6.92 Å². The summed E-state index contributed by atoms with van der Waals surface area (Å²) < 4.78 is 40.3. The summed E-state index contributed by atoms with van der Waals surface area (Å²) >= 11 is 1.38. The zero-order valence-corrected chi connectivity index (χ0v) is 13.2. The number of anilines is 1. The second-order valence-electron chi connectivity index (χ2n) is 4.50. The molecule has 1 aromatic carbocycles. The summed E-state index contributed by atoms with van der Waals surface area (Å²) in [6.07, 6.45) is 0.981. The molecule has 4 nitrogen and oxygen atoms in total. The molecule has 0 unspecified atom stereocenters. The van der Waals surface area contributed by atoms with Gasteiger partial charge in [-0.05, 0) is 42.6 Å². The number of rotatable bonds is 7. The maximum Gasteiger partial charge on any atom is 0.263 e. The Kier molecular flexibility index (Phi) is 5.33. The fraction of sp³-hybridized carbons (Fsp3) is 0.286. The van der Waals surface area contributed by atoms with Crippen molar-refractivity contribution >= 4 is 27.0 Å². The predicted octanol–water partition coefficient (Wildman–Crippen LogP) is 3.19. The maximum atomic E-state index is 13.1. The van der Waals surface area contributed by atoms with Gasteiger partial charge in [-0.3, -0.25) is 4.72 Å². The lowest BCUT2D eigenvalue weighted by Gasteiger charge is -2.09. The van der Waals surface area contributed by atoms with Gasteiger partial charge in [0, 0.05) is 11.4 Å². The van der Waals surface area contributed by atoms with Gasteiger partial charge >= 0.3 is 0 Å². The van der Waals surface area contributed by atoms with Gasteiger partial charge in [-0.25, -0.2) is 12.8 Å². The van der Waals surface area contributed by atoms with Crippen LogP contribution in [0.3, 0.4) is 0 Å². The topological polar surface area (TPSA) is 58.2 Å². The van der Waals surface area contributed by atoms with Crippen LogP contribution in [0.2, 0.25) is 0 Å². The Bertz CT molecular complexity index is 699. The molecule has 7 heteroatoms. The summed E-state index contributed by atoms with van der Waals surface area (Å²) in [5.74, 6) is -0.481. The van der Waals surface area contributed by atoms with E-state index in [1.165, 1.54) is 29.5 Å². The van der Waals surface area contributed by atoms with Gasteiger partial charge in [0.15, 0.2) is 0 Å². The quantitative estimate of drug-likeness (QED) is 0.768. The van der Waals surface area contributed by atoms with Crippen molar-refractivity contribution in [2.24, 2.45) is 0 Å². The molecular formula is C14H17FN2O2S2. The van der Waals surface area contributed by atoms with E-state index in [0.29, 0.717) is 6.54 Å². The van der Waals surface area contributed by atoms with Gasteiger partial charge in [-0.15, -0.1) is 11.3 Å². The van der Waals surface area contributed by atoms with Gasteiger partial charge in [0.1, 0.15) is 10.7 Å². The highest BCUT2D eigenvalue weighted by Gasteiger charge is 2.19. The maximum absolute atomic E-state index is 13.1. The first-order valence-electron chi connectivity index (χ1n) is 6.58. The van der Waals surface area contributed by atoms with E-state index < -0.39 is 15.8 Å². The number of hydrogen-bond acceptors (Lipinski definition) is 4. The van der Waals surface area contributed by atoms with Crippen LogP contribution in [0.15, 0.2) is 40.6 Å². The van der Waals surface area contributed by atoms with E-state index in [4.69, 9.17) is 0 Å². The minimum absolute atomic E-state index is 0.216. The number of sulfonamides is 1. The molecule has 1 aromatic heterocycles. The number of nitrogens with one attached hydrogen (secondary N) is 2. The highest BCUT2D eigenvalue weighted by atomic mass is 32.2. The number of halogens is 1. The average Bonchev–Trinajstić information content (AvgIpc) is 2.88. The van der Waals surface area contributed by atoms with Crippen molar-refractivity contribution in [1.82, 2.24) is 5.32 Å². The molecule has 0 spiro atoms. The number of hydrogen-bond donors (Lipinski definition) is 2. The van der Waals surface area contributed by atoms with Crippen LogP contribution in [0.25, 0.3) is 0 Å². The van der Waals surface area contributed by atoms with E-state index >= 15 is 0 Å². The average molecular weight is 328 g/mol. The second kappa shape index (κ2) is 7.02. The third-order valence-electron chi connectivity index (χ3n) is 2.78. The molecule has 0 saturated carbocycles. The van der Waals surface area contributed by atoms with Crippen LogP contribution in [0.1, 0.15) is 18.2 Å². The van der Waals surface area contributed by atoms with E-state index in [0.717, 1.165) is 23.9 Å². The molecule has 2 aromatic rings. The monoisotopic (exact) mass is 328 g/mol. The predicted molar refractivity (Wildman–Crippen MR) is 83.5 cm³/mol. The van der Waals surface area contributed by atoms with Crippen molar-refractivity contribution < 1.29 is 12.8 Å². The first-order valence-corrected chi connectivity index (χ1v) is 8.94. The fourth-order valence-electron chi connectivity index (χ4n) is 1.84. The lowest BCUT2D eigenvalue weighted by molar-refractivity contribution is 0.598. The summed E-state index contributed by atoms with van der Waals surface area (Å²) in [7, 11) is -3.70. The lowest BCUT2D eigenvalue weighted by atomic mass is 10.3. The summed E-state index contributed by atoms with van der Waals surface area (Å²) in [5, 5.41) is 4.92. The van der Waals surface area contributed by atoms with Crippen molar-refractivity contribution in [3.05, 3.63) is 46.4 Å². The third kappa shape index (κ3) is 4.26. The van der Waals surface area contributed by atoms with Gasteiger partial charge in [0.25, 0.3) is 10.0 Å². The summed E-state index contributed by atoms with van der Waals surface area (Å²) in [6, 6.07) is 6.96. The van der Waals surface area contributed by atoms with Crippen LogP contribution < -0.4 is 10.0 Å². The first kappa shape index (κ1) is 15.9. The molecule has 1 heterocycles. The van der Waals surface area contributed by atoms with Crippen LogP contribution in [-0.4, -0.2) is 15.0 Å². The minimum atomic E-state index is -3.70. The molecule has 0 aliphatic rings. The second-order valence-corrected chi connectivity index (χ2v) is 7.15. The largest absolute Gasteiger partial charge is 0.312 e. The van der Waals surface area contributed by atoms with Crippen molar-refractivity contribution in [2.45, 2.75) is 24.8 Å². The van der Waals surface area contributed by atoms with Crippen LogP contribution in [-0.2, 0) is 16.6 Å². The van der Waals surface area contributed by atoms with E-state index in [9.17, 15) is 12.8 Å². The molecule has 0 radical (unpaired) electrons. The Morgan fingerprint density at radius 1 is 1.29 bits per heavy atom. The van der Waals surface area contributed by atoms with E-state index in [1.54, 1.807) is 11.4 Å². The Hall–Kier alpha value is -1.44.